The molecular weight excluding hydrogens is 481 g/mol. The number of aliphatic imine (C=N–C) groups is 1. The van der Waals surface area contributed by atoms with Gasteiger partial charge >= 0.3 is 0 Å². The second-order valence-corrected chi connectivity index (χ2v) is 6.70. The maximum atomic E-state index is 12.1. The average molecular weight is 519 g/mol. The predicted octanol–water partition coefficient (Wildman–Crippen LogP) is 2.56. The molecular formula is C21H38IN5O2. The van der Waals surface area contributed by atoms with Crippen molar-refractivity contribution in [2.45, 2.75) is 33.7 Å². The summed E-state index contributed by atoms with van der Waals surface area (Å²) in [5, 5.41) is 6.47. The number of nitrogens with zero attached hydrogens (tertiary/aromatic N) is 3. The molecule has 0 aromatic heterocycles. The number of likely N-dealkylation sites (N-methyl/N-ethyl adjacent to an activating group) is 1. The van der Waals surface area contributed by atoms with Crippen molar-refractivity contribution in [3.63, 3.8) is 0 Å². The van der Waals surface area contributed by atoms with Crippen LogP contribution in [0.25, 0.3) is 0 Å². The SMILES string of the molecule is CCNC(=NCc1ccccc1OCCN(C)C)NCCC(=O)N(CC)CC.I. The number of halogens is 1. The van der Waals surface area contributed by atoms with Gasteiger partial charge < -0.3 is 25.2 Å². The second-order valence-electron chi connectivity index (χ2n) is 6.70. The molecule has 0 radical (unpaired) electrons. The molecule has 29 heavy (non-hydrogen) atoms. The van der Waals surface area contributed by atoms with E-state index in [1.54, 1.807) is 0 Å². The van der Waals surface area contributed by atoms with Crippen molar-refractivity contribution in [1.29, 1.82) is 0 Å². The largest absolute Gasteiger partial charge is 0.492 e. The highest BCUT2D eigenvalue weighted by Gasteiger charge is 2.09. The fourth-order valence-corrected chi connectivity index (χ4v) is 2.64. The Kier molecular flexibility index (Phi) is 15.4. The van der Waals surface area contributed by atoms with E-state index in [1.165, 1.54) is 0 Å². The molecule has 1 amide bonds. The molecule has 0 saturated heterocycles. The lowest BCUT2D eigenvalue weighted by atomic mass is 10.2. The number of rotatable bonds is 12. The van der Waals surface area contributed by atoms with Gasteiger partial charge in [-0.05, 0) is 40.9 Å². The van der Waals surface area contributed by atoms with Crippen molar-refractivity contribution < 1.29 is 9.53 Å². The highest BCUT2D eigenvalue weighted by Crippen LogP contribution is 2.18. The number of guanidine groups is 1. The first-order valence-electron chi connectivity index (χ1n) is 10.2. The Morgan fingerprint density at radius 1 is 1.10 bits per heavy atom. The minimum Gasteiger partial charge on any atom is -0.492 e. The van der Waals surface area contributed by atoms with Crippen molar-refractivity contribution in [3.05, 3.63) is 29.8 Å². The zero-order valence-electron chi connectivity index (χ0n) is 18.5. The number of carbonyl (C=O) groups excluding carboxylic acids is 1. The number of hydrogen-bond donors (Lipinski definition) is 2. The van der Waals surface area contributed by atoms with Crippen LogP contribution in [0.3, 0.4) is 0 Å². The zero-order chi connectivity index (χ0) is 20.8. The maximum absolute atomic E-state index is 12.1. The second kappa shape index (κ2) is 16.3. The van der Waals surface area contributed by atoms with Crippen LogP contribution < -0.4 is 15.4 Å². The minimum absolute atomic E-state index is 0. The van der Waals surface area contributed by atoms with Crippen molar-refractivity contribution in [1.82, 2.24) is 20.4 Å². The molecule has 1 aromatic rings. The summed E-state index contributed by atoms with van der Waals surface area (Å²) in [7, 11) is 4.05. The molecule has 1 aromatic carbocycles. The zero-order valence-corrected chi connectivity index (χ0v) is 20.9. The van der Waals surface area contributed by atoms with E-state index in [4.69, 9.17) is 4.74 Å². The fraction of sp³-hybridized carbons (Fsp3) is 0.619. The van der Waals surface area contributed by atoms with E-state index in [9.17, 15) is 4.79 Å². The van der Waals surface area contributed by atoms with Crippen molar-refractivity contribution in [2.24, 2.45) is 4.99 Å². The topological polar surface area (TPSA) is 69.2 Å². The molecule has 0 saturated carbocycles. The lowest BCUT2D eigenvalue weighted by Gasteiger charge is -2.19. The van der Waals surface area contributed by atoms with E-state index in [0.29, 0.717) is 32.1 Å². The van der Waals surface area contributed by atoms with Gasteiger partial charge in [-0.3, -0.25) is 4.79 Å². The third-order valence-corrected chi connectivity index (χ3v) is 4.27. The molecule has 0 aliphatic rings. The summed E-state index contributed by atoms with van der Waals surface area (Å²) in [6.45, 7) is 10.8. The van der Waals surface area contributed by atoms with E-state index in [2.05, 4.69) is 20.5 Å². The van der Waals surface area contributed by atoms with Crippen LogP contribution in [0.4, 0.5) is 0 Å². The lowest BCUT2D eigenvalue weighted by molar-refractivity contribution is -0.130. The number of benzene rings is 1. The normalized spacial score (nSPS) is 11.0. The summed E-state index contributed by atoms with van der Waals surface area (Å²) < 4.78 is 5.90. The van der Waals surface area contributed by atoms with Crippen LogP contribution in [-0.4, -0.2) is 75.1 Å². The maximum Gasteiger partial charge on any atom is 0.224 e. The van der Waals surface area contributed by atoms with E-state index in [-0.39, 0.29) is 29.9 Å². The van der Waals surface area contributed by atoms with Gasteiger partial charge in [0.2, 0.25) is 5.91 Å². The van der Waals surface area contributed by atoms with Gasteiger partial charge in [0.15, 0.2) is 5.96 Å². The number of para-hydroxylation sites is 1. The number of nitrogens with one attached hydrogen (secondary N) is 2. The summed E-state index contributed by atoms with van der Waals surface area (Å²) in [6.07, 6.45) is 0.455. The van der Waals surface area contributed by atoms with Gasteiger partial charge in [-0.15, -0.1) is 24.0 Å². The smallest absolute Gasteiger partial charge is 0.224 e. The van der Waals surface area contributed by atoms with Crippen LogP contribution in [0, 0.1) is 0 Å². The molecule has 0 bridgehead atoms. The molecule has 8 heteroatoms. The Balaban J connectivity index is 0.00000784. The molecule has 0 unspecified atom stereocenters. The third-order valence-electron chi connectivity index (χ3n) is 4.27. The summed E-state index contributed by atoms with van der Waals surface area (Å²) in [4.78, 5) is 20.7. The fourth-order valence-electron chi connectivity index (χ4n) is 2.64. The van der Waals surface area contributed by atoms with Crippen molar-refractivity contribution in [3.8, 4) is 5.75 Å². The third kappa shape index (κ3) is 11.3. The monoisotopic (exact) mass is 519 g/mol. The van der Waals surface area contributed by atoms with E-state index in [0.717, 1.165) is 37.5 Å². The standard InChI is InChI=1S/C21H37N5O2.HI/c1-6-22-21(23-14-13-20(27)26(7-2)8-3)24-17-18-11-9-10-12-19(18)28-16-15-25(4)5;/h9-12H,6-8,13-17H2,1-5H3,(H2,22,23,24);1H. The highest BCUT2D eigenvalue weighted by atomic mass is 127. The van der Waals surface area contributed by atoms with Crippen LogP contribution in [0.15, 0.2) is 29.3 Å². The van der Waals surface area contributed by atoms with Crippen molar-refractivity contribution >= 4 is 35.8 Å². The van der Waals surface area contributed by atoms with Crippen molar-refractivity contribution in [2.75, 3.05) is 53.4 Å². The quantitative estimate of drug-likeness (QED) is 0.253. The molecule has 166 valence electrons. The molecule has 0 atom stereocenters. The molecule has 2 N–H and O–H groups in total. The number of amides is 1. The number of hydrogen-bond acceptors (Lipinski definition) is 4. The molecule has 0 spiro atoms. The van der Waals surface area contributed by atoms with E-state index in [1.807, 2.05) is 64.0 Å². The predicted molar refractivity (Wildman–Crippen MR) is 131 cm³/mol. The van der Waals surface area contributed by atoms with Gasteiger partial charge in [-0.2, -0.15) is 0 Å². The number of carbonyl (C=O) groups is 1. The van der Waals surface area contributed by atoms with Gasteiger partial charge in [-0.25, -0.2) is 4.99 Å². The van der Waals surface area contributed by atoms with Crippen LogP contribution in [0.2, 0.25) is 0 Å². The first-order chi connectivity index (χ1) is 13.5. The van der Waals surface area contributed by atoms with E-state index >= 15 is 0 Å². The minimum atomic E-state index is 0. The number of ether oxygens (including phenoxy) is 1. The summed E-state index contributed by atoms with van der Waals surface area (Å²) in [6, 6.07) is 7.97. The van der Waals surface area contributed by atoms with Gasteiger partial charge in [0.1, 0.15) is 12.4 Å². The Bertz CT molecular complexity index is 606. The molecule has 7 nitrogen and oxygen atoms in total. The Labute approximate surface area is 193 Å². The molecule has 0 aliphatic carbocycles. The van der Waals surface area contributed by atoms with Gasteiger partial charge in [0.25, 0.3) is 0 Å². The Morgan fingerprint density at radius 2 is 1.79 bits per heavy atom. The van der Waals surface area contributed by atoms with Crippen LogP contribution in [0.1, 0.15) is 32.8 Å². The molecule has 0 fully saturated rings. The van der Waals surface area contributed by atoms with Gasteiger partial charge in [-0.1, -0.05) is 18.2 Å². The van der Waals surface area contributed by atoms with Gasteiger partial charge in [0, 0.05) is 44.7 Å². The summed E-state index contributed by atoms with van der Waals surface area (Å²) >= 11 is 0. The van der Waals surface area contributed by atoms with E-state index < -0.39 is 0 Å². The Morgan fingerprint density at radius 3 is 2.41 bits per heavy atom. The van der Waals surface area contributed by atoms with Crippen LogP contribution in [0.5, 0.6) is 5.75 Å². The molecule has 1 rings (SSSR count). The molecule has 0 aliphatic heterocycles. The molecule has 0 heterocycles. The average Bonchev–Trinajstić information content (AvgIpc) is 2.67. The summed E-state index contributed by atoms with van der Waals surface area (Å²) in [5.74, 6) is 1.73. The first-order valence-corrected chi connectivity index (χ1v) is 10.2. The van der Waals surface area contributed by atoms with Crippen LogP contribution in [-0.2, 0) is 11.3 Å². The first kappa shape index (κ1) is 27.5. The van der Waals surface area contributed by atoms with Gasteiger partial charge in [0.05, 0.1) is 6.54 Å². The lowest BCUT2D eigenvalue weighted by Crippen LogP contribution is -2.40. The van der Waals surface area contributed by atoms with Crippen LogP contribution >= 0.6 is 24.0 Å². The highest BCUT2D eigenvalue weighted by molar-refractivity contribution is 14.0. The Hall–Kier alpha value is -1.55. The summed E-state index contributed by atoms with van der Waals surface area (Å²) in [5.41, 5.74) is 1.04.